The van der Waals surface area contributed by atoms with Gasteiger partial charge in [-0.15, -0.1) is 0 Å². The molecule has 2 N–H and O–H groups in total. The smallest absolute Gasteiger partial charge is 0.231 e. The van der Waals surface area contributed by atoms with Gasteiger partial charge in [0.25, 0.3) is 0 Å². The van der Waals surface area contributed by atoms with Gasteiger partial charge in [0.2, 0.25) is 12.5 Å². The summed E-state index contributed by atoms with van der Waals surface area (Å²) in [6.07, 6.45) is 0.968. The highest BCUT2D eigenvalue weighted by Gasteiger charge is 2.33. The molecule has 0 saturated carbocycles. The summed E-state index contributed by atoms with van der Waals surface area (Å²) in [6, 6.07) is -0.0708. The minimum Gasteiger partial charge on any atom is -0.492 e. The summed E-state index contributed by atoms with van der Waals surface area (Å²) in [7, 11) is 3.79. The maximum absolute atomic E-state index is 6.15. The van der Waals surface area contributed by atoms with Crippen LogP contribution in [0.2, 0.25) is 0 Å². The fourth-order valence-electron chi connectivity index (χ4n) is 3.02. The van der Waals surface area contributed by atoms with Gasteiger partial charge in [0.1, 0.15) is 0 Å². The standard InChI is InChI=1S/C14H20N2O3/c1-8(15)11-9-4-5-16(2)6-10(9)12(17-3)14-13(11)18-7-19-14/h8H,4-7,15H2,1-3H3/t8-/m0/s1. The summed E-state index contributed by atoms with van der Waals surface area (Å²) in [5, 5.41) is 0. The quantitative estimate of drug-likeness (QED) is 0.875. The summed E-state index contributed by atoms with van der Waals surface area (Å²) < 4.78 is 16.8. The Labute approximate surface area is 113 Å². The molecule has 0 aliphatic carbocycles. The molecule has 2 aliphatic heterocycles. The predicted molar refractivity (Wildman–Crippen MR) is 71.8 cm³/mol. The van der Waals surface area contributed by atoms with E-state index in [4.69, 9.17) is 19.9 Å². The Balaban J connectivity index is 2.27. The van der Waals surface area contributed by atoms with Crippen LogP contribution in [0.3, 0.4) is 0 Å². The van der Waals surface area contributed by atoms with Crippen LogP contribution in [0.1, 0.15) is 29.7 Å². The molecule has 1 aromatic carbocycles. The molecule has 1 aromatic rings. The van der Waals surface area contributed by atoms with E-state index in [0.29, 0.717) is 5.75 Å². The van der Waals surface area contributed by atoms with Crippen LogP contribution in [0.25, 0.3) is 0 Å². The van der Waals surface area contributed by atoms with Crippen LogP contribution in [-0.4, -0.2) is 32.4 Å². The van der Waals surface area contributed by atoms with Crippen molar-refractivity contribution in [3.8, 4) is 17.2 Å². The van der Waals surface area contributed by atoms with E-state index >= 15 is 0 Å². The second kappa shape index (κ2) is 4.58. The van der Waals surface area contributed by atoms with Crippen LogP contribution in [0.15, 0.2) is 0 Å². The third kappa shape index (κ3) is 1.84. The molecule has 0 spiro atoms. The highest BCUT2D eigenvalue weighted by atomic mass is 16.7. The summed E-state index contributed by atoms with van der Waals surface area (Å²) in [4.78, 5) is 2.28. The number of nitrogens with two attached hydrogens (primary N) is 1. The van der Waals surface area contributed by atoms with Crippen LogP contribution in [-0.2, 0) is 13.0 Å². The van der Waals surface area contributed by atoms with Gasteiger partial charge in [0.05, 0.1) is 7.11 Å². The van der Waals surface area contributed by atoms with Crippen LogP contribution < -0.4 is 19.9 Å². The largest absolute Gasteiger partial charge is 0.492 e. The SMILES string of the molecule is COc1c2c(c([C@H](C)N)c3c1OCO3)CCN(C)C2. The van der Waals surface area contributed by atoms with E-state index in [9.17, 15) is 0 Å². The van der Waals surface area contributed by atoms with Crippen molar-refractivity contribution in [3.05, 3.63) is 16.7 Å². The number of hydrogen-bond donors (Lipinski definition) is 1. The number of nitrogens with zero attached hydrogens (tertiary/aromatic N) is 1. The summed E-state index contributed by atoms with van der Waals surface area (Å²) in [5.41, 5.74) is 9.69. The minimum absolute atomic E-state index is 0.0708. The molecule has 104 valence electrons. The van der Waals surface area contributed by atoms with Crippen molar-refractivity contribution in [3.63, 3.8) is 0 Å². The molecule has 0 radical (unpaired) electrons. The lowest BCUT2D eigenvalue weighted by atomic mass is 9.89. The highest BCUT2D eigenvalue weighted by Crippen LogP contribution is 2.50. The summed E-state index contributed by atoms with van der Waals surface area (Å²) in [6.45, 7) is 4.11. The number of hydrogen-bond acceptors (Lipinski definition) is 5. The van der Waals surface area contributed by atoms with Gasteiger partial charge >= 0.3 is 0 Å². The zero-order valence-corrected chi connectivity index (χ0v) is 11.7. The lowest BCUT2D eigenvalue weighted by molar-refractivity contribution is 0.170. The van der Waals surface area contributed by atoms with Crippen molar-refractivity contribution in [2.24, 2.45) is 5.73 Å². The van der Waals surface area contributed by atoms with Crippen LogP contribution in [0, 0.1) is 0 Å². The van der Waals surface area contributed by atoms with Crippen molar-refractivity contribution >= 4 is 0 Å². The molecule has 5 nitrogen and oxygen atoms in total. The molecule has 0 saturated heterocycles. The zero-order valence-electron chi connectivity index (χ0n) is 11.7. The Morgan fingerprint density at radius 1 is 1.26 bits per heavy atom. The summed E-state index contributed by atoms with van der Waals surface area (Å²) in [5.74, 6) is 2.29. The molecule has 2 heterocycles. The average molecular weight is 264 g/mol. The molecule has 5 heteroatoms. The van der Waals surface area contributed by atoms with Gasteiger partial charge in [0.15, 0.2) is 11.5 Å². The minimum atomic E-state index is -0.0708. The average Bonchev–Trinajstić information content (AvgIpc) is 2.83. The fraction of sp³-hybridized carbons (Fsp3) is 0.571. The molecular formula is C14H20N2O3. The van der Waals surface area contributed by atoms with Crippen LogP contribution >= 0.6 is 0 Å². The van der Waals surface area contributed by atoms with Gasteiger partial charge in [0, 0.05) is 30.3 Å². The lowest BCUT2D eigenvalue weighted by Gasteiger charge is -2.30. The Hall–Kier alpha value is -1.46. The first-order chi connectivity index (χ1) is 9.13. The van der Waals surface area contributed by atoms with Gasteiger partial charge in [-0.1, -0.05) is 0 Å². The molecule has 0 fully saturated rings. The first kappa shape index (κ1) is 12.6. The predicted octanol–water partition coefficient (Wildman–Crippen LogP) is 1.43. The Bertz CT molecular complexity index is 514. The number of rotatable bonds is 2. The van der Waals surface area contributed by atoms with Gasteiger partial charge in [-0.25, -0.2) is 0 Å². The monoisotopic (exact) mass is 264 g/mol. The maximum Gasteiger partial charge on any atom is 0.231 e. The van der Waals surface area contributed by atoms with E-state index in [1.54, 1.807) is 7.11 Å². The Morgan fingerprint density at radius 2 is 2.00 bits per heavy atom. The normalized spacial score (nSPS) is 19.2. The number of ether oxygens (including phenoxy) is 3. The van der Waals surface area contributed by atoms with E-state index in [2.05, 4.69) is 11.9 Å². The second-order valence-electron chi connectivity index (χ2n) is 5.25. The van der Waals surface area contributed by atoms with Crippen molar-refractivity contribution in [2.75, 3.05) is 27.5 Å². The van der Waals surface area contributed by atoms with E-state index in [-0.39, 0.29) is 12.8 Å². The summed E-state index contributed by atoms with van der Waals surface area (Å²) >= 11 is 0. The number of benzene rings is 1. The van der Waals surface area contributed by atoms with Crippen LogP contribution in [0.4, 0.5) is 0 Å². The molecule has 2 aliphatic rings. The Kier molecular flexibility index (Phi) is 3.03. The highest BCUT2D eigenvalue weighted by molar-refractivity contribution is 5.66. The molecule has 19 heavy (non-hydrogen) atoms. The first-order valence-corrected chi connectivity index (χ1v) is 6.58. The third-order valence-electron chi connectivity index (χ3n) is 3.86. The third-order valence-corrected chi connectivity index (χ3v) is 3.86. The van der Waals surface area contributed by atoms with Gasteiger partial charge in [-0.2, -0.15) is 0 Å². The first-order valence-electron chi connectivity index (χ1n) is 6.58. The second-order valence-corrected chi connectivity index (χ2v) is 5.25. The van der Waals surface area contributed by atoms with E-state index in [1.165, 1.54) is 11.1 Å². The molecule has 0 aromatic heterocycles. The van der Waals surface area contributed by atoms with E-state index in [1.807, 2.05) is 6.92 Å². The van der Waals surface area contributed by atoms with E-state index < -0.39 is 0 Å². The number of methoxy groups -OCH3 is 1. The van der Waals surface area contributed by atoms with Crippen molar-refractivity contribution in [1.29, 1.82) is 0 Å². The molecule has 0 bridgehead atoms. The molecular weight excluding hydrogens is 244 g/mol. The maximum atomic E-state index is 6.15. The molecule has 3 rings (SSSR count). The van der Waals surface area contributed by atoms with Crippen LogP contribution in [0.5, 0.6) is 17.2 Å². The molecule has 0 amide bonds. The molecule has 0 unspecified atom stereocenters. The number of likely N-dealkylation sites (N-methyl/N-ethyl adjacent to an activating group) is 1. The van der Waals surface area contributed by atoms with Crippen molar-refractivity contribution in [1.82, 2.24) is 4.90 Å². The lowest BCUT2D eigenvalue weighted by Crippen LogP contribution is -2.29. The zero-order chi connectivity index (χ0) is 13.6. The Morgan fingerprint density at radius 3 is 2.68 bits per heavy atom. The van der Waals surface area contributed by atoms with Crippen molar-refractivity contribution < 1.29 is 14.2 Å². The molecule has 1 atom stereocenters. The topological polar surface area (TPSA) is 57.0 Å². The number of fused-ring (bicyclic) bond motifs is 2. The van der Waals surface area contributed by atoms with Gasteiger partial charge in [-0.3, -0.25) is 0 Å². The fourth-order valence-corrected chi connectivity index (χ4v) is 3.02. The van der Waals surface area contributed by atoms with Crippen molar-refractivity contribution in [2.45, 2.75) is 25.9 Å². The van der Waals surface area contributed by atoms with Gasteiger partial charge in [-0.05, 0) is 26.0 Å². The van der Waals surface area contributed by atoms with Gasteiger partial charge < -0.3 is 24.8 Å². The van der Waals surface area contributed by atoms with E-state index in [0.717, 1.165) is 36.6 Å².